The van der Waals surface area contributed by atoms with Gasteiger partial charge in [-0.1, -0.05) is 18.2 Å². The van der Waals surface area contributed by atoms with Crippen molar-refractivity contribution in [3.05, 3.63) is 42.4 Å². The molecule has 2 heterocycles. The predicted octanol–water partition coefficient (Wildman–Crippen LogP) is 2.11. The van der Waals surface area contributed by atoms with Crippen LogP contribution in [0.15, 0.2) is 36.8 Å². The van der Waals surface area contributed by atoms with Crippen LogP contribution in [0.3, 0.4) is 0 Å². The van der Waals surface area contributed by atoms with Crippen LogP contribution in [0.5, 0.6) is 0 Å². The summed E-state index contributed by atoms with van der Waals surface area (Å²) in [5.74, 6) is 0. The van der Waals surface area contributed by atoms with Gasteiger partial charge in [-0.25, -0.2) is 9.97 Å². The van der Waals surface area contributed by atoms with Crippen LogP contribution in [-0.2, 0) is 6.42 Å². The molecule has 0 spiro atoms. The van der Waals surface area contributed by atoms with Gasteiger partial charge < -0.3 is 5.32 Å². The Balaban J connectivity index is 2.27. The fraction of sp³-hybridized carbons (Fsp3) is 0.167. The van der Waals surface area contributed by atoms with Gasteiger partial charge in [0.15, 0.2) is 0 Å². The molecule has 3 rings (SSSR count). The molecule has 0 radical (unpaired) electrons. The minimum absolute atomic E-state index is 0.942. The topological polar surface area (TPSA) is 37.8 Å². The Labute approximate surface area is 88.2 Å². The van der Waals surface area contributed by atoms with E-state index in [1.54, 1.807) is 6.33 Å². The first-order valence-corrected chi connectivity index (χ1v) is 5.07. The summed E-state index contributed by atoms with van der Waals surface area (Å²) in [7, 11) is 0. The molecule has 0 fully saturated rings. The zero-order chi connectivity index (χ0) is 10.1. The maximum Gasteiger partial charge on any atom is 0.116 e. The van der Waals surface area contributed by atoms with E-state index in [1.807, 2.05) is 18.3 Å². The van der Waals surface area contributed by atoms with Crippen molar-refractivity contribution in [3.63, 3.8) is 0 Å². The molecule has 0 atom stereocenters. The molecule has 0 unspecified atom stereocenters. The molecule has 0 aliphatic carbocycles. The van der Waals surface area contributed by atoms with Gasteiger partial charge in [-0.05, 0) is 18.1 Å². The van der Waals surface area contributed by atoms with Crippen molar-refractivity contribution in [3.8, 4) is 11.3 Å². The van der Waals surface area contributed by atoms with Crippen LogP contribution in [0.1, 0.15) is 5.56 Å². The van der Waals surface area contributed by atoms with Crippen molar-refractivity contribution in [2.45, 2.75) is 6.42 Å². The van der Waals surface area contributed by atoms with Crippen LogP contribution in [0.25, 0.3) is 11.3 Å². The molecule has 0 saturated carbocycles. The Kier molecular flexibility index (Phi) is 1.88. The average molecular weight is 197 g/mol. The van der Waals surface area contributed by atoms with E-state index in [0.29, 0.717) is 0 Å². The Morgan fingerprint density at radius 3 is 3.13 bits per heavy atom. The maximum absolute atomic E-state index is 4.37. The van der Waals surface area contributed by atoms with E-state index in [-0.39, 0.29) is 0 Å². The Bertz CT molecular complexity index is 448. The zero-order valence-electron chi connectivity index (χ0n) is 8.27. The van der Waals surface area contributed by atoms with E-state index in [9.17, 15) is 0 Å². The maximum atomic E-state index is 4.37. The van der Waals surface area contributed by atoms with Gasteiger partial charge >= 0.3 is 0 Å². The lowest BCUT2D eigenvalue weighted by Crippen LogP contribution is -2.02. The number of rotatable bonds is 0. The third-order valence-electron chi connectivity index (χ3n) is 2.68. The second-order valence-corrected chi connectivity index (χ2v) is 3.62. The van der Waals surface area contributed by atoms with Gasteiger partial charge in [-0.2, -0.15) is 0 Å². The second-order valence-electron chi connectivity index (χ2n) is 3.62. The minimum atomic E-state index is 0.942. The summed E-state index contributed by atoms with van der Waals surface area (Å²) in [6.07, 6.45) is 4.50. The summed E-state index contributed by atoms with van der Waals surface area (Å²) in [4.78, 5) is 8.44. The van der Waals surface area contributed by atoms with Crippen LogP contribution in [0.2, 0.25) is 0 Å². The predicted molar refractivity (Wildman–Crippen MR) is 59.7 cm³/mol. The summed E-state index contributed by atoms with van der Waals surface area (Å²) in [5.41, 5.74) is 4.61. The standard InChI is InChI=1S/C12H11N3/c1-2-4-11-10(3-1)12-9(5-6-14-11)7-13-8-15-12/h1-4,7-8,14H,5-6H2. The molecule has 3 nitrogen and oxygen atoms in total. The molecule has 15 heavy (non-hydrogen) atoms. The van der Waals surface area contributed by atoms with Crippen LogP contribution in [0.4, 0.5) is 5.69 Å². The second kappa shape index (κ2) is 3.35. The summed E-state index contributed by atoms with van der Waals surface area (Å²) in [6, 6.07) is 8.27. The van der Waals surface area contributed by atoms with Gasteiger partial charge in [0, 0.05) is 24.0 Å². The highest BCUT2D eigenvalue weighted by Gasteiger charge is 2.13. The molecule has 0 saturated heterocycles. The first kappa shape index (κ1) is 8.41. The minimum Gasteiger partial charge on any atom is -0.384 e. The molecule has 1 aliphatic heterocycles. The van der Waals surface area contributed by atoms with Crippen molar-refractivity contribution >= 4 is 5.69 Å². The number of anilines is 1. The lowest BCUT2D eigenvalue weighted by Gasteiger charge is -2.06. The average Bonchev–Trinajstić information content (AvgIpc) is 2.48. The largest absolute Gasteiger partial charge is 0.384 e. The van der Waals surface area contributed by atoms with E-state index < -0.39 is 0 Å². The van der Waals surface area contributed by atoms with Crippen molar-refractivity contribution in [2.75, 3.05) is 11.9 Å². The smallest absolute Gasteiger partial charge is 0.116 e. The van der Waals surface area contributed by atoms with Crippen LogP contribution < -0.4 is 5.32 Å². The van der Waals surface area contributed by atoms with Gasteiger partial charge in [0.05, 0.1) is 5.69 Å². The number of aromatic nitrogens is 2. The number of hydrogen-bond acceptors (Lipinski definition) is 3. The van der Waals surface area contributed by atoms with Crippen molar-refractivity contribution < 1.29 is 0 Å². The molecule has 1 aliphatic rings. The monoisotopic (exact) mass is 197 g/mol. The Morgan fingerprint density at radius 1 is 1.20 bits per heavy atom. The Hall–Kier alpha value is -1.90. The summed E-state index contributed by atoms with van der Waals surface area (Å²) >= 11 is 0. The van der Waals surface area contributed by atoms with E-state index in [4.69, 9.17) is 0 Å². The van der Waals surface area contributed by atoms with E-state index in [1.165, 1.54) is 11.1 Å². The van der Waals surface area contributed by atoms with Gasteiger partial charge in [0.2, 0.25) is 0 Å². The van der Waals surface area contributed by atoms with Crippen LogP contribution >= 0.6 is 0 Å². The molecule has 0 bridgehead atoms. The molecule has 1 N–H and O–H groups in total. The third-order valence-corrected chi connectivity index (χ3v) is 2.68. The molecule has 74 valence electrons. The lowest BCUT2D eigenvalue weighted by molar-refractivity contribution is 0.999. The SMILES string of the molecule is c1ccc2c(c1)NCCc1cncnc1-2. The number of benzene rings is 1. The van der Waals surface area contributed by atoms with E-state index in [0.717, 1.165) is 24.3 Å². The third kappa shape index (κ3) is 1.36. The summed E-state index contributed by atoms with van der Waals surface area (Å²) in [6.45, 7) is 0.942. The van der Waals surface area contributed by atoms with Crippen molar-refractivity contribution in [1.82, 2.24) is 9.97 Å². The number of nitrogens with zero attached hydrogens (tertiary/aromatic N) is 2. The molecule has 0 amide bonds. The zero-order valence-corrected chi connectivity index (χ0v) is 8.27. The molecule has 1 aromatic heterocycles. The number of hydrogen-bond donors (Lipinski definition) is 1. The van der Waals surface area contributed by atoms with Crippen LogP contribution in [0, 0.1) is 0 Å². The summed E-state index contributed by atoms with van der Waals surface area (Å²) in [5, 5.41) is 3.40. The summed E-state index contributed by atoms with van der Waals surface area (Å²) < 4.78 is 0. The number of fused-ring (bicyclic) bond motifs is 3. The van der Waals surface area contributed by atoms with Gasteiger partial charge in [0.25, 0.3) is 0 Å². The van der Waals surface area contributed by atoms with Crippen LogP contribution in [-0.4, -0.2) is 16.5 Å². The highest BCUT2D eigenvalue weighted by atomic mass is 14.9. The number of nitrogens with one attached hydrogen (secondary N) is 1. The Morgan fingerprint density at radius 2 is 2.13 bits per heavy atom. The molecule has 1 aromatic carbocycles. The fourth-order valence-electron chi connectivity index (χ4n) is 1.96. The molecular weight excluding hydrogens is 186 g/mol. The number of para-hydroxylation sites is 1. The van der Waals surface area contributed by atoms with Crippen molar-refractivity contribution in [2.24, 2.45) is 0 Å². The van der Waals surface area contributed by atoms with Gasteiger partial charge in [-0.3, -0.25) is 0 Å². The highest BCUT2D eigenvalue weighted by molar-refractivity contribution is 5.78. The van der Waals surface area contributed by atoms with Crippen molar-refractivity contribution in [1.29, 1.82) is 0 Å². The van der Waals surface area contributed by atoms with E-state index >= 15 is 0 Å². The van der Waals surface area contributed by atoms with E-state index in [2.05, 4.69) is 27.4 Å². The first-order chi connectivity index (χ1) is 7.45. The van der Waals surface area contributed by atoms with Gasteiger partial charge in [0.1, 0.15) is 6.33 Å². The van der Waals surface area contributed by atoms with Gasteiger partial charge in [-0.15, -0.1) is 0 Å². The fourth-order valence-corrected chi connectivity index (χ4v) is 1.96. The highest BCUT2D eigenvalue weighted by Crippen LogP contribution is 2.30. The lowest BCUT2D eigenvalue weighted by atomic mass is 10.1. The molecule has 3 heteroatoms. The first-order valence-electron chi connectivity index (χ1n) is 5.07. The normalized spacial score (nSPS) is 13.3. The molecule has 2 aromatic rings. The molecular formula is C12H11N3. The quantitative estimate of drug-likeness (QED) is 0.703.